The van der Waals surface area contributed by atoms with E-state index >= 15 is 0 Å². The molecular formula is C16H14O6. The second-order valence-corrected chi connectivity index (χ2v) is 4.96. The van der Waals surface area contributed by atoms with Crippen molar-refractivity contribution in [3.05, 3.63) is 47.5 Å². The maximum absolute atomic E-state index is 12.2. The van der Waals surface area contributed by atoms with Crippen molar-refractivity contribution in [2.45, 2.75) is 12.2 Å². The van der Waals surface area contributed by atoms with Crippen LogP contribution in [0.25, 0.3) is 0 Å². The number of benzene rings is 2. The Morgan fingerprint density at radius 2 is 1.91 bits per heavy atom. The molecule has 0 aliphatic carbocycles. The lowest BCUT2D eigenvalue weighted by molar-refractivity contribution is 0.0215. The lowest BCUT2D eigenvalue weighted by Gasteiger charge is -2.30. The Kier molecular flexibility index (Phi) is 3.38. The number of hydrogen-bond acceptors (Lipinski definition) is 6. The SMILES string of the molecule is COc1ccc([C@H]2Oc3cc(O)ccc3C(=O)[C@@H]2O)cc1O. The van der Waals surface area contributed by atoms with Crippen LogP contribution in [0.3, 0.4) is 0 Å². The van der Waals surface area contributed by atoms with Crippen LogP contribution in [0.15, 0.2) is 36.4 Å². The summed E-state index contributed by atoms with van der Waals surface area (Å²) in [5, 5.41) is 29.5. The highest BCUT2D eigenvalue weighted by atomic mass is 16.5. The number of carbonyl (C=O) groups excluding carboxylic acids is 1. The predicted molar refractivity (Wildman–Crippen MR) is 76.5 cm³/mol. The molecule has 6 nitrogen and oxygen atoms in total. The van der Waals surface area contributed by atoms with E-state index in [0.29, 0.717) is 5.56 Å². The summed E-state index contributed by atoms with van der Waals surface area (Å²) in [5.74, 6) is -0.195. The molecule has 0 unspecified atom stereocenters. The topological polar surface area (TPSA) is 96.2 Å². The van der Waals surface area contributed by atoms with E-state index in [0.717, 1.165) is 0 Å². The monoisotopic (exact) mass is 302 g/mol. The van der Waals surface area contributed by atoms with Gasteiger partial charge in [0.1, 0.15) is 11.5 Å². The number of aliphatic hydroxyl groups is 1. The zero-order valence-corrected chi connectivity index (χ0v) is 11.7. The molecule has 0 fully saturated rings. The van der Waals surface area contributed by atoms with Gasteiger partial charge < -0.3 is 24.8 Å². The predicted octanol–water partition coefficient (Wildman–Crippen LogP) is 1.78. The summed E-state index contributed by atoms with van der Waals surface area (Å²) >= 11 is 0. The van der Waals surface area contributed by atoms with Crippen molar-refractivity contribution in [1.82, 2.24) is 0 Å². The molecule has 22 heavy (non-hydrogen) atoms. The fourth-order valence-corrected chi connectivity index (χ4v) is 2.44. The zero-order valence-electron chi connectivity index (χ0n) is 11.7. The molecular weight excluding hydrogens is 288 g/mol. The van der Waals surface area contributed by atoms with Crippen LogP contribution in [0.4, 0.5) is 0 Å². The first-order valence-electron chi connectivity index (χ1n) is 6.60. The van der Waals surface area contributed by atoms with E-state index in [1.165, 1.54) is 37.4 Å². The quantitative estimate of drug-likeness (QED) is 0.782. The van der Waals surface area contributed by atoms with Gasteiger partial charge in [-0.2, -0.15) is 0 Å². The number of aromatic hydroxyl groups is 2. The van der Waals surface area contributed by atoms with Gasteiger partial charge in [0.05, 0.1) is 12.7 Å². The van der Waals surface area contributed by atoms with Crippen molar-refractivity contribution >= 4 is 5.78 Å². The van der Waals surface area contributed by atoms with Gasteiger partial charge in [-0.15, -0.1) is 0 Å². The number of phenols is 2. The van der Waals surface area contributed by atoms with E-state index in [1.807, 2.05) is 0 Å². The van der Waals surface area contributed by atoms with Crippen LogP contribution in [0.5, 0.6) is 23.0 Å². The number of Topliss-reactive ketones (excluding diaryl/α,β-unsaturated/α-hetero) is 1. The van der Waals surface area contributed by atoms with E-state index in [4.69, 9.17) is 9.47 Å². The number of methoxy groups -OCH3 is 1. The highest BCUT2D eigenvalue weighted by molar-refractivity contribution is 6.03. The summed E-state index contributed by atoms with van der Waals surface area (Å²) in [5.41, 5.74) is 0.632. The molecule has 114 valence electrons. The molecule has 2 aromatic carbocycles. The van der Waals surface area contributed by atoms with Crippen LogP contribution in [0, 0.1) is 0 Å². The molecule has 3 N–H and O–H groups in total. The second-order valence-electron chi connectivity index (χ2n) is 4.96. The fourth-order valence-electron chi connectivity index (χ4n) is 2.44. The summed E-state index contributed by atoms with van der Waals surface area (Å²) in [6.07, 6.45) is -2.37. The number of rotatable bonds is 2. The van der Waals surface area contributed by atoms with E-state index in [1.54, 1.807) is 6.07 Å². The lowest BCUT2D eigenvalue weighted by Crippen LogP contribution is -2.36. The molecule has 0 spiro atoms. The summed E-state index contributed by atoms with van der Waals surface area (Å²) < 4.78 is 10.6. The van der Waals surface area contributed by atoms with Gasteiger partial charge in [0, 0.05) is 6.07 Å². The Hall–Kier alpha value is -2.73. The molecule has 0 radical (unpaired) electrons. The summed E-state index contributed by atoms with van der Waals surface area (Å²) in [7, 11) is 1.42. The summed E-state index contributed by atoms with van der Waals surface area (Å²) in [6, 6.07) is 8.55. The number of ketones is 1. The number of hydrogen-bond donors (Lipinski definition) is 3. The van der Waals surface area contributed by atoms with E-state index in [2.05, 4.69) is 0 Å². The first kappa shape index (κ1) is 14.2. The maximum Gasteiger partial charge on any atom is 0.199 e. The van der Waals surface area contributed by atoms with Crippen LogP contribution in [-0.4, -0.2) is 34.3 Å². The third kappa shape index (κ3) is 2.23. The van der Waals surface area contributed by atoms with Crippen molar-refractivity contribution < 1.29 is 29.6 Å². The molecule has 0 amide bonds. The highest BCUT2D eigenvalue weighted by Gasteiger charge is 2.37. The minimum absolute atomic E-state index is 0.0423. The van der Waals surface area contributed by atoms with Crippen LogP contribution in [-0.2, 0) is 0 Å². The molecule has 1 aliphatic heterocycles. The number of aliphatic hydroxyl groups excluding tert-OH is 1. The van der Waals surface area contributed by atoms with Gasteiger partial charge in [-0.25, -0.2) is 0 Å². The van der Waals surface area contributed by atoms with Crippen LogP contribution in [0.2, 0.25) is 0 Å². The van der Waals surface area contributed by atoms with Gasteiger partial charge in [-0.3, -0.25) is 4.79 Å². The van der Waals surface area contributed by atoms with Crippen molar-refractivity contribution in [1.29, 1.82) is 0 Å². The van der Waals surface area contributed by atoms with Gasteiger partial charge in [-0.1, -0.05) is 6.07 Å². The number of ether oxygens (including phenoxy) is 2. The summed E-state index contributed by atoms with van der Waals surface area (Å²) in [6.45, 7) is 0. The normalized spacial score (nSPS) is 20.2. The minimum atomic E-state index is -1.40. The summed E-state index contributed by atoms with van der Waals surface area (Å²) in [4.78, 5) is 12.2. The van der Waals surface area contributed by atoms with Gasteiger partial charge >= 0.3 is 0 Å². The molecule has 2 atom stereocenters. The maximum atomic E-state index is 12.2. The molecule has 0 saturated heterocycles. The molecule has 6 heteroatoms. The largest absolute Gasteiger partial charge is 0.508 e. The first-order chi connectivity index (χ1) is 10.5. The Balaban J connectivity index is 2.02. The Morgan fingerprint density at radius 3 is 2.59 bits per heavy atom. The molecule has 1 heterocycles. The van der Waals surface area contributed by atoms with Crippen molar-refractivity contribution in [3.8, 4) is 23.0 Å². The fraction of sp³-hybridized carbons (Fsp3) is 0.188. The molecule has 1 aliphatic rings. The second kappa shape index (κ2) is 5.23. The zero-order chi connectivity index (χ0) is 15.9. The number of carbonyl (C=O) groups is 1. The number of fused-ring (bicyclic) bond motifs is 1. The molecule has 0 aromatic heterocycles. The van der Waals surface area contributed by atoms with E-state index < -0.39 is 18.0 Å². The van der Waals surface area contributed by atoms with Gasteiger partial charge in [0.2, 0.25) is 0 Å². The van der Waals surface area contributed by atoms with Crippen LogP contribution in [0.1, 0.15) is 22.0 Å². The van der Waals surface area contributed by atoms with E-state index in [9.17, 15) is 20.1 Å². The van der Waals surface area contributed by atoms with Crippen molar-refractivity contribution in [2.24, 2.45) is 0 Å². The first-order valence-corrected chi connectivity index (χ1v) is 6.60. The lowest BCUT2D eigenvalue weighted by atomic mass is 9.93. The Labute approximate surface area is 126 Å². The number of phenolic OH excluding ortho intramolecular Hbond substituents is 2. The molecule has 0 saturated carbocycles. The third-order valence-corrected chi connectivity index (χ3v) is 3.57. The van der Waals surface area contributed by atoms with Crippen LogP contribution >= 0.6 is 0 Å². The minimum Gasteiger partial charge on any atom is -0.508 e. The van der Waals surface area contributed by atoms with Gasteiger partial charge in [0.15, 0.2) is 29.5 Å². The van der Waals surface area contributed by atoms with Crippen LogP contribution < -0.4 is 9.47 Å². The van der Waals surface area contributed by atoms with Crippen molar-refractivity contribution in [2.75, 3.05) is 7.11 Å². The molecule has 2 aromatic rings. The van der Waals surface area contributed by atoms with Crippen molar-refractivity contribution in [3.63, 3.8) is 0 Å². The molecule has 3 rings (SSSR count). The Bertz CT molecular complexity index is 739. The average molecular weight is 302 g/mol. The van der Waals surface area contributed by atoms with E-state index in [-0.39, 0.29) is 28.6 Å². The molecule has 0 bridgehead atoms. The highest BCUT2D eigenvalue weighted by Crippen LogP contribution is 2.39. The van der Waals surface area contributed by atoms with Gasteiger partial charge in [-0.05, 0) is 29.8 Å². The smallest absolute Gasteiger partial charge is 0.199 e. The Morgan fingerprint density at radius 1 is 1.14 bits per heavy atom. The third-order valence-electron chi connectivity index (χ3n) is 3.57. The standard InChI is InChI=1S/C16H14O6/c1-21-12-5-2-8(6-11(12)18)16-15(20)14(19)10-4-3-9(17)7-13(10)22-16/h2-7,15-18,20H,1H3/t15-,16+/m0/s1. The average Bonchev–Trinajstić information content (AvgIpc) is 2.50. The van der Waals surface area contributed by atoms with Gasteiger partial charge in [0.25, 0.3) is 0 Å².